The quantitative estimate of drug-likeness (QED) is 0.333. The molecule has 1 aromatic rings. The summed E-state index contributed by atoms with van der Waals surface area (Å²) in [7, 11) is 0. The third-order valence-electron chi connectivity index (χ3n) is 3.37. The second-order valence-electron chi connectivity index (χ2n) is 4.81. The summed E-state index contributed by atoms with van der Waals surface area (Å²) >= 11 is 6.25. The van der Waals surface area contributed by atoms with Gasteiger partial charge in [0.25, 0.3) is 0 Å². The SMILES string of the molecule is IC1(SNC2CCCCC2)Nc2ccccc2S1. The van der Waals surface area contributed by atoms with Gasteiger partial charge in [0.1, 0.15) is 0 Å². The lowest BCUT2D eigenvalue weighted by Crippen LogP contribution is -2.31. The van der Waals surface area contributed by atoms with Crippen LogP contribution < -0.4 is 10.0 Å². The van der Waals surface area contributed by atoms with Crippen molar-refractivity contribution in [2.24, 2.45) is 0 Å². The summed E-state index contributed by atoms with van der Waals surface area (Å²) in [6.07, 6.45) is 6.84. The van der Waals surface area contributed by atoms with Crippen LogP contribution in [0, 0.1) is 0 Å². The molecule has 1 saturated carbocycles. The fraction of sp³-hybridized carbons (Fsp3) is 0.538. The summed E-state index contributed by atoms with van der Waals surface area (Å²) in [6, 6.07) is 9.24. The summed E-state index contributed by atoms with van der Waals surface area (Å²) in [5.74, 6) is 0. The predicted octanol–water partition coefficient (Wildman–Crippen LogP) is 4.82. The summed E-state index contributed by atoms with van der Waals surface area (Å²) in [4.78, 5) is 1.35. The molecule has 98 valence electrons. The van der Waals surface area contributed by atoms with Crippen LogP contribution in [0.3, 0.4) is 0 Å². The standard InChI is InChI=1S/C13H17IN2S2/c14-13(18-16-10-6-2-1-3-7-10)15-11-8-4-5-9-12(11)17-13/h4-5,8-10,15-16H,1-3,6-7H2. The van der Waals surface area contributed by atoms with E-state index in [4.69, 9.17) is 0 Å². The van der Waals surface area contributed by atoms with Crippen molar-refractivity contribution in [3.63, 3.8) is 0 Å². The van der Waals surface area contributed by atoms with Crippen LogP contribution in [-0.2, 0) is 0 Å². The van der Waals surface area contributed by atoms with Gasteiger partial charge in [-0.3, -0.25) is 4.72 Å². The van der Waals surface area contributed by atoms with Crippen LogP contribution in [0.4, 0.5) is 5.69 Å². The number of benzene rings is 1. The molecule has 18 heavy (non-hydrogen) atoms. The van der Waals surface area contributed by atoms with Gasteiger partial charge in [0, 0.05) is 10.9 Å². The van der Waals surface area contributed by atoms with Crippen LogP contribution in [0.15, 0.2) is 29.2 Å². The summed E-state index contributed by atoms with van der Waals surface area (Å²) in [5, 5.41) is 3.60. The monoisotopic (exact) mass is 392 g/mol. The molecule has 0 aromatic heterocycles. The van der Waals surface area contributed by atoms with Gasteiger partial charge < -0.3 is 5.32 Å². The topological polar surface area (TPSA) is 24.1 Å². The largest absolute Gasteiger partial charge is 0.352 e. The molecule has 2 N–H and O–H groups in total. The van der Waals surface area contributed by atoms with Crippen molar-refractivity contribution < 1.29 is 0 Å². The Morgan fingerprint density at radius 1 is 1.28 bits per heavy atom. The highest BCUT2D eigenvalue weighted by molar-refractivity contribution is 14.1. The smallest absolute Gasteiger partial charge is 0.201 e. The molecule has 1 atom stereocenters. The summed E-state index contributed by atoms with van der Waals surface area (Å²) < 4.78 is 3.66. The average Bonchev–Trinajstić information content (AvgIpc) is 2.74. The van der Waals surface area contributed by atoms with Gasteiger partial charge in [-0.25, -0.2) is 0 Å². The normalized spacial score (nSPS) is 27.8. The van der Waals surface area contributed by atoms with E-state index in [1.54, 1.807) is 0 Å². The summed E-state index contributed by atoms with van der Waals surface area (Å²) in [6.45, 7) is 0. The molecule has 1 aliphatic heterocycles. The number of hydrogen-bond acceptors (Lipinski definition) is 4. The van der Waals surface area contributed by atoms with Crippen LogP contribution in [0.2, 0.25) is 0 Å². The third kappa shape index (κ3) is 3.11. The van der Waals surface area contributed by atoms with E-state index in [0.29, 0.717) is 6.04 Å². The highest BCUT2D eigenvalue weighted by Gasteiger charge is 2.36. The molecule has 3 rings (SSSR count). The van der Waals surface area contributed by atoms with Crippen molar-refractivity contribution in [2.75, 3.05) is 5.32 Å². The second-order valence-corrected chi connectivity index (χ2v) is 10.5. The maximum absolute atomic E-state index is 3.66. The Morgan fingerprint density at radius 2 is 2.06 bits per heavy atom. The maximum Gasteiger partial charge on any atom is 0.201 e. The van der Waals surface area contributed by atoms with Gasteiger partial charge in [0.15, 0.2) is 0 Å². The van der Waals surface area contributed by atoms with Gasteiger partial charge in [-0.05, 0) is 59.5 Å². The molecule has 5 heteroatoms. The first kappa shape index (κ1) is 13.4. The molecule has 1 heterocycles. The Balaban J connectivity index is 1.57. The Labute approximate surface area is 131 Å². The lowest BCUT2D eigenvalue weighted by molar-refractivity contribution is 0.423. The maximum atomic E-state index is 3.66. The van der Waals surface area contributed by atoms with Crippen molar-refractivity contribution in [1.82, 2.24) is 4.72 Å². The third-order valence-corrected chi connectivity index (χ3v) is 7.22. The molecule has 1 aliphatic carbocycles. The lowest BCUT2D eigenvalue weighted by atomic mass is 9.96. The minimum absolute atomic E-state index is 0.00110. The van der Waals surface area contributed by atoms with Crippen molar-refractivity contribution in [3.8, 4) is 0 Å². The number of hydrogen-bond donors (Lipinski definition) is 2. The van der Waals surface area contributed by atoms with Crippen molar-refractivity contribution >= 4 is 52.0 Å². The fourth-order valence-electron chi connectivity index (χ4n) is 2.41. The molecule has 1 fully saturated rings. The first-order valence-electron chi connectivity index (χ1n) is 6.44. The average molecular weight is 392 g/mol. The van der Waals surface area contributed by atoms with Gasteiger partial charge in [0.2, 0.25) is 2.21 Å². The Hall–Kier alpha value is 0.410. The van der Waals surface area contributed by atoms with E-state index in [1.165, 1.54) is 42.7 Å². The summed E-state index contributed by atoms with van der Waals surface area (Å²) in [5.41, 5.74) is 1.26. The zero-order chi connectivity index (χ0) is 12.4. The van der Waals surface area contributed by atoms with E-state index in [1.807, 2.05) is 23.7 Å². The van der Waals surface area contributed by atoms with E-state index in [2.05, 4.69) is 56.9 Å². The number of thioether (sulfide) groups is 1. The predicted molar refractivity (Wildman–Crippen MR) is 90.3 cm³/mol. The van der Waals surface area contributed by atoms with Crippen LogP contribution in [-0.4, -0.2) is 8.25 Å². The molecule has 1 unspecified atom stereocenters. The first-order chi connectivity index (χ1) is 8.75. The first-order valence-corrected chi connectivity index (χ1v) is 9.15. The van der Waals surface area contributed by atoms with E-state index in [-0.39, 0.29) is 2.21 Å². The zero-order valence-electron chi connectivity index (χ0n) is 10.1. The van der Waals surface area contributed by atoms with Crippen LogP contribution >= 0.6 is 46.3 Å². The number of halogens is 1. The highest BCUT2D eigenvalue weighted by Crippen LogP contribution is 2.54. The molecular weight excluding hydrogens is 375 g/mol. The molecule has 0 spiro atoms. The number of para-hydroxylation sites is 1. The van der Waals surface area contributed by atoms with Crippen LogP contribution in [0.5, 0.6) is 0 Å². The second kappa shape index (κ2) is 5.81. The number of fused-ring (bicyclic) bond motifs is 1. The molecular formula is C13H17IN2S2. The molecule has 2 nitrogen and oxygen atoms in total. The Morgan fingerprint density at radius 3 is 2.83 bits per heavy atom. The van der Waals surface area contributed by atoms with Gasteiger partial charge in [-0.15, -0.1) is 0 Å². The number of alkyl halides is 1. The Bertz CT molecular complexity index is 396. The molecule has 0 saturated heterocycles. The van der Waals surface area contributed by atoms with Crippen LogP contribution in [0.1, 0.15) is 32.1 Å². The highest BCUT2D eigenvalue weighted by atomic mass is 127. The van der Waals surface area contributed by atoms with Gasteiger partial charge in [-0.2, -0.15) is 0 Å². The molecule has 2 aliphatic rings. The minimum atomic E-state index is -0.00110. The molecule has 1 aromatic carbocycles. The van der Waals surface area contributed by atoms with Crippen LogP contribution in [0.25, 0.3) is 0 Å². The zero-order valence-corrected chi connectivity index (χ0v) is 13.9. The van der Waals surface area contributed by atoms with Crippen molar-refractivity contribution in [2.45, 2.75) is 45.3 Å². The minimum Gasteiger partial charge on any atom is -0.352 e. The number of nitrogens with one attached hydrogen (secondary N) is 2. The van der Waals surface area contributed by atoms with Crippen molar-refractivity contribution in [1.29, 1.82) is 0 Å². The van der Waals surface area contributed by atoms with E-state index < -0.39 is 0 Å². The molecule has 0 bridgehead atoms. The van der Waals surface area contributed by atoms with Gasteiger partial charge in [0.05, 0.1) is 5.69 Å². The molecule has 0 amide bonds. The van der Waals surface area contributed by atoms with Gasteiger partial charge >= 0.3 is 0 Å². The number of anilines is 1. The molecule has 0 radical (unpaired) electrons. The number of rotatable bonds is 3. The fourth-order valence-corrected chi connectivity index (χ4v) is 5.91. The van der Waals surface area contributed by atoms with Crippen molar-refractivity contribution in [3.05, 3.63) is 24.3 Å². The van der Waals surface area contributed by atoms with Gasteiger partial charge in [-0.1, -0.05) is 43.2 Å². The van der Waals surface area contributed by atoms with E-state index >= 15 is 0 Å². The van der Waals surface area contributed by atoms with E-state index in [9.17, 15) is 0 Å². The Kier molecular flexibility index (Phi) is 4.32. The van der Waals surface area contributed by atoms with E-state index in [0.717, 1.165) is 0 Å². The lowest BCUT2D eigenvalue weighted by Gasteiger charge is -2.27.